The summed E-state index contributed by atoms with van der Waals surface area (Å²) in [5.41, 5.74) is 2.24. The highest BCUT2D eigenvalue weighted by Crippen LogP contribution is 2.52. The highest BCUT2D eigenvalue weighted by molar-refractivity contribution is 5.94. The fraction of sp³-hybridized carbons (Fsp3) is 0.500. The lowest BCUT2D eigenvalue weighted by Crippen LogP contribution is -2.57. The van der Waals surface area contributed by atoms with E-state index in [2.05, 4.69) is 52.5 Å². The van der Waals surface area contributed by atoms with Crippen LogP contribution in [0.15, 0.2) is 54.9 Å². The van der Waals surface area contributed by atoms with Gasteiger partial charge in [-0.1, -0.05) is 50.1 Å². The molecule has 1 N–H and O–H groups in total. The van der Waals surface area contributed by atoms with E-state index >= 15 is 0 Å². The number of nitrogens with one attached hydrogen (secondary N) is 1. The van der Waals surface area contributed by atoms with E-state index in [0.29, 0.717) is 18.1 Å². The van der Waals surface area contributed by atoms with Crippen LogP contribution in [0.1, 0.15) is 54.9 Å². The van der Waals surface area contributed by atoms with Crippen LogP contribution in [0.2, 0.25) is 0 Å². The zero-order valence-electron chi connectivity index (χ0n) is 16.6. The van der Waals surface area contributed by atoms with Crippen LogP contribution in [0.4, 0.5) is 0 Å². The van der Waals surface area contributed by atoms with Gasteiger partial charge < -0.3 is 10.2 Å². The largest absolute Gasteiger partial charge is 0.330 e. The van der Waals surface area contributed by atoms with Gasteiger partial charge in [-0.2, -0.15) is 0 Å². The Hall–Kier alpha value is -2.20. The molecule has 2 saturated heterocycles. The fourth-order valence-electron chi connectivity index (χ4n) is 6.07. The van der Waals surface area contributed by atoms with Gasteiger partial charge in [-0.05, 0) is 43.4 Å². The first kappa shape index (κ1) is 17.9. The number of rotatable bonds is 3. The third-order valence-electron chi connectivity index (χ3n) is 7.44. The Kier molecular flexibility index (Phi) is 4.47. The molecule has 28 heavy (non-hydrogen) atoms. The minimum absolute atomic E-state index is 0.161. The molecule has 5 rings (SSSR count). The molecule has 2 aliphatic heterocycles. The van der Waals surface area contributed by atoms with E-state index in [1.807, 2.05) is 12.1 Å². The number of carbonyl (C=O) groups is 1. The maximum Gasteiger partial charge on any atom is 0.255 e. The van der Waals surface area contributed by atoms with Crippen molar-refractivity contribution in [2.24, 2.45) is 5.41 Å². The standard InChI is InChI=1S/C24H29N3O/c1-24-15-20-19(14-17-8-3-2-4-9-17)26-21(24)11-5-6-12-22(24)27(20)23(28)18-10-7-13-25-16-18/h2-4,7-10,13,16,19-22,26H,5-6,11-12,14-15H2,1H3/t19-,20-,21+,22-,24+/m0/s1. The summed E-state index contributed by atoms with van der Waals surface area (Å²) in [6.45, 7) is 2.42. The summed E-state index contributed by atoms with van der Waals surface area (Å²) in [4.78, 5) is 20.1. The average molecular weight is 376 g/mol. The lowest BCUT2D eigenvalue weighted by molar-refractivity contribution is 0.0611. The summed E-state index contributed by atoms with van der Waals surface area (Å²) >= 11 is 0. The van der Waals surface area contributed by atoms with Gasteiger partial charge in [0.15, 0.2) is 0 Å². The van der Waals surface area contributed by atoms with Crippen LogP contribution in [0.25, 0.3) is 0 Å². The summed E-state index contributed by atoms with van der Waals surface area (Å²) in [5.74, 6) is 0.161. The number of hydrogen-bond acceptors (Lipinski definition) is 3. The van der Waals surface area contributed by atoms with Crippen LogP contribution in [0, 0.1) is 5.41 Å². The summed E-state index contributed by atoms with van der Waals surface area (Å²) in [7, 11) is 0. The Labute approximate surface area is 167 Å². The Balaban J connectivity index is 1.52. The predicted molar refractivity (Wildman–Crippen MR) is 110 cm³/mol. The van der Waals surface area contributed by atoms with Gasteiger partial charge in [0.25, 0.3) is 5.91 Å². The van der Waals surface area contributed by atoms with Crippen LogP contribution in [-0.4, -0.2) is 40.0 Å². The number of amides is 1. The highest BCUT2D eigenvalue weighted by atomic mass is 16.2. The summed E-state index contributed by atoms with van der Waals surface area (Å²) < 4.78 is 0. The van der Waals surface area contributed by atoms with Crippen molar-refractivity contribution >= 4 is 5.91 Å². The molecular weight excluding hydrogens is 346 g/mol. The van der Waals surface area contributed by atoms with Gasteiger partial charge in [0.05, 0.1) is 5.56 Å². The van der Waals surface area contributed by atoms with Crippen LogP contribution < -0.4 is 5.32 Å². The van der Waals surface area contributed by atoms with E-state index in [9.17, 15) is 4.79 Å². The average Bonchev–Trinajstić information content (AvgIpc) is 2.88. The van der Waals surface area contributed by atoms with Gasteiger partial charge in [-0.3, -0.25) is 9.78 Å². The maximum absolute atomic E-state index is 13.6. The van der Waals surface area contributed by atoms with Gasteiger partial charge in [-0.15, -0.1) is 0 Å². The molecule has 0 unspecified atom stereocenters. The van der Waals surface area contributed by atoms with E-state index in [4.69, 9.17) is 0 Å². The highest BCUT2D eigenvalue weighted by Gasteiger charge is 2.60. The number of likely N-dealkylation sites (tertiary alicyclic amines) is 1. The third-order valence-corrected chi connectivity index (χ3v) is 7.44. The van der Waals surface area contributed by atoms with Crippen molar-refractivity contribution in [1.29, 1.82) is 0 Å². The molecule has 3 fully saturated rings. The van der Waals surface area contributed by atoms with Crippen molar-refractivity contribution in [1.82, 2.24) is 15.2 Å². The van der Waals surface area contributed by atoms with E-state index in [0.717, 1.165) is 24.8 Å². The molecule has 1 saturated carbocycles. The quantitative estimate of drug-likeness (QED) is 0.887. The second-order valence-corrected chi connectivity index (χ2v) is 9.05. The van der Waals surface area contributed by atoms with Crippen molar-refractivity contribution in [3.05, 3.63) is 66.0 Å². The van der Waals surface area contributed by atoms with Gasteiger partial charge >= 0.3 is 0 Å². The molecule has 1 aromatic carbocycles. The van der Waals surface area contributed by atoms with Crippen molar-refractivity contribution in [2.45, 2.75) is 69.6 Å². The molecule has 4 nitrogen and oxygen atoms in total. The maximum atomic E-state index is 13.6. The number of benzene rings is 1. The van der Waals surface area contributed by atoms with Crippen molar-refractivity contribution in [3.63, 3.8) is 0 Å². The number of nitrogens with zero attached hydrogens (tertiary/aromatic N) is 2. The van der Waals surface area contributed by atoms with Crippen molar-refractivity contribution in [3.8, 4) is 0 Å². The van der Waals surface area contributed by atoms with Crippen LogP contribution in [0.5, 0.6) is 0 Å². The Morgan fingerprint density at radius 3 is 2.79 bits per heavy atom. The molecule has 4 heteroatoms. The van der Waals surface area contributed by atoms with E-state index < -0.39 is 0 Å². The van der Waals surface area contributed by atoms with Crippen LogP contribution in [-0.2, 0) is 6.42 Å². The minimum Gasteiger partial charge on any atom is -0.330 e. The topological polar surface area (TPSA) is 45.2 Å². The normalized spacial score (nSPS) is 34.1. The van der Waals surface area contributed by atoms with Crippen molar-refractivity contribution < 1.29 is 4.79 Å². The number of aromatic nitrogens is 1. The van der Waals surface area contributed by atoms with Crippen LogP contribution in [0.3, 0.4) is 0 Å². The van der Waals surface area contributed by atoms with Crippen LogP contribution >= 0.6 is 0 Å². The first-order chi connectivity index (χ1) is 13.7. The molecule has 0 spiro atoms. The van der Waals surface area contributed by atoms with Crippen molar-refractivity contribution in [2.75, 3.05) is 0 Å². The number of piperidine rings is 1. The SMILES string of the molecule is C[C@@]12C[C@H]3[C@H](Cc4ccccc4)N[C@@H]1CCCC[C@@H]2N3C(=O)c1cccnc1. The number of pyridine rings is 1. The van der Waals surface area contributed by atoms with E-state index in [-0.39, 0.29) is 17.4 Å². The first-order valence-corrected chi connectivity index (χ1v) is 10.7. The third kappa shape index (κ3) is 2.86. The van der Waals surface area contributed by atoms with E-state index in [1.165, 1.54) is 24.8 Å². The number of fused-ring (bicyclic) bond motifs is 1. The molecule has 5 atom stereocenters. The fourth-order valence-corrected chi connectivity index (χ4v) is 6.07. The first-order valence-electron chi connectivity index (χ1n) is 10.7. The zero-order valence-corrected chi connectivity index (χ0v) is 16.6. The van der Waals surface area contributed by atoms with Gasteiger partial charge in [0.1, 0.15) is 0 Å². The molecule has 1 amide bonds. The second kappa shape index (κ2) is 7.00. The lowest BCUT2D eigenvalue weighted by atomic mass is 9.70. The molecule has 2 bridgehead atoms. The molecule has 1 aliphatic carbocycles. The molecule has 0 radical (unpaired) electrons. The number of hydrogen-bond donors (Lipinski definition) is 1. The zero-order chi connectivity index (χ0) is 19.1. The van der Waals surface area contributed by atoms with E-state index in [1.54, 1.807) is 12.4 Å². The van der Waals surface area contributed by atoms with Gasteiger partial charge in [-0.25, -0.2) is 0 Å². The Morgan fingerprint density at radius 2 is 2.00 bits per heavy atom. The molecule has 3 aliphatic rings. The summed E-state index contributed by atoms with van der Waals surface area (Å²) in [6, 6.07) is 15.9. The van der Waals surface area contributed by atoms with Gasteiger partial charge in [0.2, 0.25) is 0 Å². The van der Waals surface area contributed by atoms with Gasteiger partial charge in [0, 0.05) is 42.0 Å². The predicted octanol–water partition coefficient (Wildman–Crippen LogP) is 3.83. The number of carbonyl (C=O) groups excluding carboxylic acids is 1. The summed E-state index contributed by atoms with van der Waals surface area (Å²) in [6.07, 6.45) is 10.4. The Morgan fingerprint density at radius 1 is 1.18 bits per heavy atom. The second-order valence-electron chi connectivity index (χ2n) is 9.05. The summed E-state index contributed by atoms with van der Waals surface area (Å²) in [5, 5.41) is 4.00. The molecule has 1 aromatic heterocycles. The minimum atomic E-state index is 0.161. The molecule has 146 valence electrons. The monoisotopic (exact) mass is 375 g/mol. The Bertz CT molecular complexity index is 839. The smallest absolute Gasteiger partial charge is 0.255 e. The molecule has 2 aromatic rings. The molecular formula is C24H29N3O. The molecule has 3 heterocycles. The lowest BCUT2D eigenvalue weighted by Gasteiger charge is -2.43.